The van der Waals surface area contributed by atoms with E-state index in [4.69, 9.17) is 4.52 Å². The van der Waals surface area contributed by atoms with Crippen LogP contribution in [0, 0.1) is 0 Å². The summed E-state index contributed by atoms with van der Waals surface area (Å²) in [4.78, 5) is 33.1. The van der Waals surface area contributed by atoms with Crippen molar-refractivity contribution in [3.8, 4) is 11.5 Å². The molecule has 0 N–H and O–H groups in total. The average Bonchev–Trinajstić information content (AvgIpc) is 3.30. The molecule has 0 bridgehead atoms. The SMILES string of the molecule is O=C1CCCN1CCC(=O)N1CCCCC[C@@H]1c1noc(-c2ccccc2)n1. The summed E-state index contributed by atoms with van der Waals surface area (Å²) in [5.41, 5.74) is 0.875. The molecule has 1 aromatic carbocycles. The molecule has 7 heteroatoms. The lowest BCUT2D eigenvalue weighted by Gasteiger charge is -2.28. The van der Waals surface area contributed by atoms with Gasteiger partial charge in [-0.1, -0.05) is 36.2 Å². The fourth-order valence-electron chi connectivity index (χ4n) is 4.06. The maximum absolute atomic E-state index is 13.0. The number of rotatable bonds is 5. The van der Waals surface area contributed by atoms with E-state index in [1.807, 2.05) is 35.2 Å². The van der Waals surface area contributed by atoms with Crippen molar-refractivity contribution in [3.63, 3.8) is 0 Å². The highest BCUT2D eigenvalue weighted by molar-refractivity contribution is 5.80. The molecule has 3 heterocycles. The number of nitrogens with zero attached hydrogens (tertiary/aromatic N) is 4. The number of amides is 2. The summed E-state index contributed by atoms with van der Waals surface area (Å²) in [5.74, 6) is 1.28. The second-order valence-electron chi connectivity index (χ2n) is 7.51. The van der Waals surface area contributed by atoms with Crippen LogP contribution in [0.3, 0.4) is 0 Å². The first-order valence-electron chi connectivity index (χ1n) is 10.2. The number of benzene rings is 1. The van der Waals surface area contributed by atoms with E-state index in [0.717, 1.165) is 44.2 Å². The summed E-state index contributed by atoms with van der Waals surface area (Å²) >= 11 is 0. The lowest BCUT2D eigenvalue weighted by Crippen LogP contribution is -2.38. The smallest absolute Gasteiger partial charge is 0.257 e. The molecule has 0 aliphatic carbocycles. The Morgan fingerprint density at radius 1 is 1.11 bits per heavy atom. The third-order valence-electron chi connectivity index (χ3n) is 5.60. The number of likely N-dealkylation sites (tertiary alicyclic amines) is 2. The topological polar surface area (TPSA) is 79.5 Å². The van der Waals surface area contributed by atoms with Gasteiger partial charge in [0.05, 0.1) is 6.04 Å². The highest BCUT2D eigenvalue weighted by Gasteiger charge is 2.31. The molecule has 4 rings (SSSR count). The fourth-order valence-corrected chi connectivity index (χ4v) is 4.06. The normalized spacial score (nSPS) is 20.4. The van der Waals surface area contributed by atoms with Gasteiger partial charge in [0, 0.05) is 38.0 Å². The lowest BCUT2D eigenvalue weighted by atomic mass is 10.1. The van der Waals surface area contributed by atoms with E-state index in [1.165, 1.54) is 0 Å². The van der Waals surface area contributed by atoms with E-state index in [2.05, 4.69) is 10.1 Å². The van der Waals surface area contributed by atoms with E-state index in [9.17, 15) is 9.59 Å². The zero-order valence-electron chi connectivity index (χ0n) is 16.0. The number of carbonyl (C=O) groups excluding carboxylic acids is 2. The first-order valence-corrected chi connectivity index (χ1v) is 10.2. The van der Waals surface area contributed by atoms with E-state index in [-0.39, 0.29) is 17.9 Å². The number of hydrogen-bond acceptors (Lipinski definition) is 5. The van der Waals surface area contributed by atoms with E-state index < -0.39 is 0 Å². The largest absolute Gasteiger partial charge is 0.342 e. The van der Waals surface area contributed by atoms with Crippen LogP contribution in [0.25, 0.3) is 11.5 Å². The van der Waals surface area contributed by atoms with Crippen molar-refractivity contribution in [2.45, 2.75) is 51.0 Å². The standard InChI is InChI=1S/C21H26N4O3/c26-18-11-7-13-24(18)15-12-19(27)25-14-6-2-5-10-17(25)20-22-21(28-23-20)16-8-3-1-4-9-16/h1,3-4,8-9,17H,2,5-7,10-15H2/t17-/m1/s1. The van der Waals surface area contributed by atoms with Crippen molar-refractivity contribution in [1.82, 2.24) is 19.9 Å². The van der Waals surface area contributed by atoms with Gasteiger partial charge in [0.2, 0.25) is 11.8 Å². The van der Waals surface area contributed by atoms with Crippen LogP contribution in [0.15, 0.2) is 34.9 Å². The maximum Gasteiger partial charge on any atom is 0.257 e. The minimum absolute atomic E-state index is 0.0673. The van der Waals surface area contributed by atoms with Crippen LogP contribution < -0.4 is 0 Å². The van der Waals surface area contributed by atoms with Gasteiger partial charge in [-0.3, -0.25) is 9.59 Å². The molecule has 2 aromatic rings. The molecule has 2 fully saturated rings. The molecule has 148 valence electrons. The van der Waals surface area contributed by atoms with Crippen molar-refractivity contribution in [3.05, 3.63) is 36.2 Å². The van der Waals surface area contributed by atoms with Gasteiger partial charge >= 0.3 is 0 Å². The highest BCUT2D eigenvalue weighted by Crippen LogP contribution is 2.30. The zero-order valence-corrected chi connectivity index (χ0v) is 16.0. The van der Waals surface area contributed by atoms with Crippen LogP contribution in [0.1, 0.15) is 56.8 Å². The predicted molar refractivity (Wildman–Crippen MR) is 103 cm³/mol. The summed E-state index contributed by atoms with van der Waals surface area (Å²) in [5, 5.41) is 4.20. The first kappa shape index (κ1) is 18.7. The average molecular weight is 382 g/mol. The monoisotopic (exact) mass is 382 g/mol. The van der Waals surface area contributed by atoms with Crippen LogP contribution >= 0.6 is 0 Å². The third kappa shape index (κ3) is 4.08. The van der Waals surface area contributed by atoms with Gasteiger partial charge in [-0.05, 0) is 31.4 Å². The summed E-state index contributed by atoms with van der Waals surface area (Å²) in [6, 6.07) is 9.50. The predicted octanol–water partition coefficient (Wildman–Crippen LogP) is 3.19. The Hall–Kier alpha value is -2.70. The zero-order chi connectivity index (χ0) is 19.3. The Morgan fingerprint density at radius 2 is 1.96 bits per heavy atom. The lowest BCUT2D eigenvalue weighted by molar-refractivity contribution is -0.135. The molecule has 2 saturated heterocycles. The molecule has 0 radical (unpaired) electrons. The van der Waals surface area contributed by atoms with Crippen LogP contribution in [0.4, 0.5) is 0 Å². The third-order valence-corrected chi connectivity index (χ3v) is 5.60. The van der Waals surface area contributed by atoms with E-state index in [0.29, 0.717) is 37.6 Å². The van der Waals surface area contributed by atoms with Crippen molar-refractivity contribution in [2.75, 3.05) is 19.6 Å². The van der Waals surface area contributed by atoms with Crippen LogP contribution in [0.2, 0.25) is 0 Å². The molecule has 7 nitrogen and oxygen atoms in total. The summed E-state index contributed by atoms with van der Waals surface area (Å²) in [6.45, 7) is 1.97. The highest BCUT2D eigenvalue weighted by atomic mass is 16.5. The molecular weight excluding hydrogens is 356 g/mol. The van der Waals surface area contributed by atoms with Gasteiger partial charge in [0.25, 0.3) is 5.89 Å². The Balaban J connectivity index is 1.48. The molecule has 28 heavy (non-hydrogen) atoms. The Labute approximate surface area is 164 Å². The molecule has 2 aliphatic rings. The second kappa shape index (κ2) is 8.54. The quantitative estimate of drug-likeness (QED) is 0.793. The summed E-state index contributed by atoms with van der Waals surface area (Å²) in [6.07, 6.45) is 5.79. The Bertz CT molecular complexity index is 820. The van der Waals surface area contributed by atoms with Gasteiger partial charge in [-0.15, -0.1) is 0 Å². The van der Waals surface area contributed by atoms with E-state index >= 15 is 0 Å². The van der Waals surface area contributed by atoms with Gasteiger partial charge in [-0.2, -0.15) is 4.98 Å². The number of aromatic nitrogens is 2. The van der Waals surface area contributed by atoms with Crippen LogP contribution in [-0.4, -0.2) is 51.4 Å². The van der Waals surface area contributed by atoms with Crippen molar-refractivity contribution in [2.24, 2.45) is 0 Å². The van der Waals surface area contributed by atoms with Gasteiger partial charge in [0.1, 0.15) is 0 Å². The first-order chi connectivity index (χ1) is 13.7. The number of hydrogen-bond donors (Lipinski definition) is 0. The molecule has 0 spiro atoms. The second-order valence-corrected chi connectivity index (χ2v) is 7.51. The van der Waals surface area contributed by atoms with Crippen molar-refractivity contribution in [1.29, 1.82) is 0 Å². The maximum atomic E-state index is 13.0. The molecular formula is C21H26N4O3. The molecule has 1 atom stereocenters. The Morgan fingerprint density at radius 3 is 2.75 bits per heavy atom. The molecule has 0 saturated carbocycles. The van der Waals surface area contributed by atoms with Gasteiger partial charge in [-0.25, -0.2) is 0 Å². The van der Waals surface area contributed by atoms with Gasteiger partial charge in [0.15, 0.2) is 5.82 Å². The van der Waals surface area contributed by atoms with Crippen molar-refractivity contribution < 1.29 is 14.1 Å². The summed E-state index contributed by atoms with van der Waals surface area (Å²) in [7, 11) is 0. The molecule has 2 amide bonds. The number of carbonyl (C=O) groups is 2. The Kier molecular flexibility index (Phi) is 5.69. The molecule has 0 unspecified atom stereocenters. The van der Waals surface area contributed by atoms with Gasteiger partial charge < -0.3 is 14.3 Å². The minimum atomic E-state index is -0.162. The van der Waals surface area contributed by atoms with Crippen LogP contribution in [-0.2, 0) is 9.59 Å². The summed E-state index contributed by atoms with van der Waals surface area (Å²) < 4.78 is 5.48. The van der Waals surface area contributed by atoms with E-state index in [1.54, 1.807) is 4.90 Å². The molecule has 2 aliphatic heterocycles. The van der Waals surface area contributed by atoms with Crippen molar-refractivity contribution >= 4 is 11.8 Å². The molecule has 1 aromatic heterocycles. The fraction of sp³-hybridized carbons (Fsp3) is 0.524. The van der Waals surface area contributed by atoms with Crippen LogP contribution in [0.5, 0.6) is 0 Å². The minimum Gasteiger partial charge on any atom is -0.342 e.